The van der Waals surface area contributed by atoms with Crippen LogP contribution in [0.3, 0.4) is 0 Å². The number of halogens is 1. The van der Waals surface area contributed by atoms with Crippen molar-refractivity contribution in [2.45, 2.75) is 84.0 Å². The first-order valence-corrected chi connectivity index (χ1v) is 14.1. The molecule has 3 aromatic rings. The molecule has 1 aliphatic heterocycles. The number of alkyl halides is 1. The van der Waals surface area contributed by atoms with E-state index in [-0.39, 0.29) is 36.0 Å². The van der Waals surface area contributed by atoms with Gasteiger partial charge in [-0.25, -0.2) is 14.2 Å². The van der Waals surface area contributed by atoms with Gasteiger partial charge in [-0.2, -0.15) is 9.97 Å². The third-order valence-corrected chi connectivity index (χ3v) is 7.43. The second-order valence-electron chi connectivity index (χ2n) is 10.6. The van der Waals surface area contributed by atoms with Crippen molar-refractivity contribution in [2.75, 3.05) is 19.8 Å². The Labute approximate surface area is 237 Å². The number of oxazole rings is 1. The molecule has 5 rings (SSSR count). The van der Waals surface area contributed by atoms with Gasteiger partial charge in [0.2, 0.25) is 5.89 Å². The number of ether oxygens (including phenoxy) is 3. The Morgan fingerprint density at radius 3 is 2.54 bits per heavy atom. The largest absolute Gasteiger partial charge is 0.483 e. The lowest BCUT2D eigenvalue weighted by Crippen LogP contribution is -2.42. The topological polar surface area (TPSA) is 137 Å². The highest BCUT2D eigenvalue weighted by molar-refractivity contribution is 5.85. The van der Waals surface area contributed by atoms with Gasteiger partial charge < -0.3 is 28.6 Å². The summed E-state index contributed by atoms with van der Waals surface area (Å²) < 4.78 is 37.9. The van der Waals surface area contributed by atoms with Crippen LogP contribution in [0.2, 0.25) is 0 Å². The molecule has 0 radical (unpaired) electrons. The molecule has 0 spiro atoms. The normalized spacial score (nSPS) is 20.8. The fraction of sp³-hybridized carbons (Fsp3) is 0.552. The molecule has 11 nitrogen and oxygen atoms in total. The third kappa shape index (κ3) is 6.20. The highest BCUT2D eigenvalue weighted by Gasteiger charge is 2.34. The van der Waals surface area contributed by atoms with Crippen LogP contribution in [-0.4, -0.2) is 74.9 Å². The minimum Gasteiger partial charge on any atom is -0.483 e. The quantitative estimate of drug-likeness (QED) is 0.362. The van der Waals surface area contributed by atoms with Crippen LogP contribution in [0.15, 0.2) is 16.5 Å². The fourth-order valence-corrected chi connectivity index (χ4v) is 5.41. The van der Waals surface area contributed by atoms with Gasteiger partial charge in [0.05, 0.1) is 6.61 Å². The summed E-state index contributed by atoms with van der Waals surface area (Å²) in [5.74, 6) is -0.344. The van der Waals surface area contributed by atoms with Crippen LogP contribution in [0, 0.1) is 13.8 Å². The number of fused-ring (bicyclic) bond motifs is 1. The number of carboxylic acid groups (broad SMARTS) is 1. The lowest BCUT2D eigenvalue weighted by atomic mass is 9.96. The highest BCUT2D eigenvalue weighted by atomic mass is 19.1. The molecular weight excluding hydrogens is 535 g/mol. The number of aryl methyl sites for hydroxylation is 2. The Morgan fingerprint density at radius 2 is 1.83 bits per heavy atom. The molecule has 1 aromatic carbocycles. The van der Waals surface area contributed by atoms with Crippen LogP contribution in [-0.2, 0) is 9.59 Å². The first-order chi connectivity index (χ1) is 19.7. The maximum Gasteiger partial charge on any atom is 0.326 e. The van der Waals surface area contributed by atoms with E-state index < -0.39 is 24.3 Å². The van der Waals surface area contributed by atoms with E-state index in [4.69, 9.17) is 18.6 Å². The van der Waals surface area contributed by atoms with E-state index in [2.05, 4.69) is 15.0 Å². The Balaban J connectivity index is 1.37. The van der Waals surface area contributed by atoms with Gasteiger partial charge in [0.15, 0.2) is 12.1 Å². The van der Waals surface area contributed by atoms with E-state index in [1.807, 2.05) is 32.9 Å². The van der Waals surface area contributed by atoms with Crippen LogP contribution in [0.5, 0.6) is 17.6 Å². The zero-order valence-corrected chi connectivity index (χ0v) is 23.5. The molecule has 3 heterocycles. The Morgan fingerprint density at radius 1 is 1.07 bits per heavy atom. The van der Waals surface area contributed by atoms with Crippen LogP contribution >= 0.6 is 0 Å². The molecule has 220 valence electrons. The summed E-state index contributed by atoms with van der Waals surface area (Å²) in [6.45, 7) is 6.20. The number of carbonyl (C=O) groups excluding carboxylic acids is 1. The molecule has 1 saturated heterocycles. The molecule has 2 fully saturated rings. The monoisotopic (exact) mass is 570 g/mol. The third-order valence-electron chi connectivity index (χ3n) is 7.43. The fourth-order valence-electron chi connectivity index (χ4n) is 5.41. The number of nitrogens with zero attached hydrogens (tertiary/aromatic N) is 4. The number of hydrogen-bond acceptors (Lipinski definition) is 9. The summed E-state index contributed by atoms with van der Waals surface area (Å²) in [6, 6.07) is 2.82. The number of carboxylic acids is 1. The maximum absolute atomic E-state index is 14.4. The Kier molecular flexibility index (Phi) is 8.55. The number of benzene rings is 1. The van der Waals surface area contributed by atoms with Gasteiger partial charge in [0.25, 0.3) is 17.5 Å². The number of rotatable bonds is 10. The average molecular weight is 571 g/mol. The van der Waals surface area contributed by atoms with Gasteiger partial charge in [-0.1, -0.05) is 13.3 Å². The van der Waals surface area contributed by atoms with Gasteiger partial charge in [-0.05, 0) is 75.6 Å². The van der Waals surface area contributed by atoms with Crippen LogP contribution < -0.4 is 14.2 Å². The van der Waals surface area contributed by atoms with Crippen molar-refractivity contribution in [2.24, 2.45) is 0 Å². The molecule has 12 heteroatoms. The SMILES string of the molecule is CCCOc1nc(OC2CCCCC2F)nc2oc(-c3cc(C)c(OCC(=O)N4CCCC4C(=O)O)c(C)c3)nc12. The van der Waals surface area contributed by atoms with Gasteiger partial charge in [0, 0.05) is 12.1 Å². The van der Waals surface area contributed by atoms with Crippen molar-refractivity contribution in [1.29, 1.82) is 0 Å². The number of aromatic nitrogens is 3. The predicted molar refractivity (Wildman–Crippen MR) is 146 cm³/mol. The molecule has 41 heavy (non-hydrogen) atoms. The summed E-state index contributed by atoms with van der Waals surface area (Å²) in [7, 11) is 0. The summed E-state index contributed by atoms with van der Waals surface area (Å²) in [5.41, 5.74) is 2.65. The molecule has 3 unspecified atom stereocenters. The van der Waals surface area contributed by atoms with Crippen LogP contribution in [0.4, 0.5) is 4.39 Å². The number of hydrogen-bond donors (Lipinski definition) is 1. The lowest BCUT2D eigenvalue weighted by Gasteiger charge is -2.25. The summed E-state index contributed by atoms with van der Waals surface area (Å²) in [4.78, 5) is 38.8. The van der Waals surface area contributed by atoms with Crippen molar-refractivity contribution < 1.29 is 37.7 Å². The summed E-state index contributed by atoms with van der Waals surface area (Å²) >= 11 is 0. The molecule has 1 aliphatic carbocycles. The van der Waals surface area contributed by atoms with Crippen molar-refractivity contribution in [3.63, 3.8) is 0 Å². The van der Waals surface area contributed by atoms with Crippen molar-refractivity contribution in [3.8, 4) is 29.1 Å². The van der Waals surface area contributed by atoms with Crippen LogP contribution in [0.25, 0.3) is 22.7 Å². The van der Waals surface area contributed by atoms with E-state index in [0.29, 0.717) is 55.7 Å². The number of likely N-dealkylation sites (tertiary alicyclic amines) is 1. The Bertz CT molecular complexity index is 1400. The second-order valence-corrected chi connectivity index (χ2v) is 10.6. The molecule has 0 bridgehead atoms. The standard InChI is InChI=1S/C29H35FN4O7/c1-4-12-38-26-23-27(33-29(32-26)40-21-10-6-5-8-19(21)30)41-25(31-23)18-13-16(2)24(17(3)14-18)39-15-22(35)34-11-7-9-20(34)28(36)37/h13-14,19-21H,4-12,15H2,1-3H3,(H,36,37). The second kappa shape index (κ2) is 12.3. The molecule has 1 N–H and O–H groups in total. The minimum absolute atomic E-state index is 0.00947. The maximum atomic E-state index is 14.4. The number of carbonyl (C=O) groups is 2. The molecule has 1 saturated carbocycles. The zero-order valence-electron chi connectivity index (χ0n) is 23.5. The lowest BCUT2D eigenvalue weighted by molar-refractivity contribution is -0.149. The van der Waals surface area contributed by atoms with Crippen LogP contribution in [0.1, 0.15) is 63.0 Å². The van der Waals surface area contributed by atoms with Gasteiger partial charge in [-0.3, -0.25) is 4.79 Å². The Hall–Kier alpha value is -3.96. The van der Waals surface area contributed by atoms with Gasteiger partial charge in [0.1, 0.15) is 24.1 Å². The molecule has 3 atom stereocenters. The molecule has 2 aliphatic rings. The van der Waals surface area contributed by atoms with Crippen molar-refractivity contribution in [1.82, 2.24) is 19.9 Å². The van der Waals surface area contributed by atoms with E-state index in [1.165, 1.54) is 4.90 Å². The first kappa shape index (κ1) is 28.6. The highest BCUT2D eigenvalue weighted by Crippen LogP contribution is 2.34. The smallest absolute Gasteiger partial charge is 0.326 e. The predicted octanol–water partition coefficient (Wildman–Crippen LogP) is 4.80. The zero-order chi connectivity index (χ0) is 29.1. The van der Waals surface area contributed by atoms with Gasteiger partial charge >= 0.3 is 12.0 Å². The molecular formula is C29H35FN4O7. The molecule has 1 amide bonds. The van der Waals surface area contributed by atoms with Gasteiger partial charge in [-0.15, -0.1) is 0 Å². The van der Waals surface area contributed by atoms with Crippen molar-refractivity contribution in [3.05, 3.63) is 23.3 Å². The van der Waals surface area contributed by atoms with Crippen molar-refractivity contribution >= 4 is 23.1 Å². The van der Waals surface area contributed by atoms with E-state index in [9.17, 15) is 19.1 Å². The average Bonchev–Trinajstić information content (AvgIpc) is 3.60. The molecule has 2 aromatic heterocycles. The van der Waals surface area contributed by atoms with E-state index >= 15 is 0 Å². The summed E-state index contributed by atoms with van der Waals surface area (Å²) in [5, 5.41) is 9.37. The minimum atomic E-state index is -1.08. The first-order valence-electron chi connectivity index (χ1n) is 14.1. The van der Waals surface area contributed by atoms with E-state index in [0.717, 1.165) is 30.4 Å². The van der Waals surface area contributed by atoms with E-state index in [1.54, 1.807) is 0 Å². The summed E-state index contributed by atoms with van der Waals surface area (Å²) in [6.07, 6.45) is 2.90. The number of aliphatic carboxylic acids is 1. The number of amides is 1.